The van der Waals surface area contributed by atoms with Crippen LogP contribution in [0.25, 0.3) is 0 Å². The van der Waals surface area contributed by atoms with Gasteiger partial charge in [-0.15, -0.1) is 0 Å². The minimum atomic E-state index is -0.0795. The molecule has 1 amide bonds. The molecule has 0 heterocycles. The second-order valence-corrected chi connectivity index (χ2v) is 3.66. The summed E-state index contributed by atoms with van der Waals surface area (Å²) in [7, 11) is 0. The van der Waals surface area contributed by atoms with Gasteiger partial charge < -0.3 is 10.1 Å². The van der Waals surface area contributed by atoms with Gasteiger partial charge >= 0.3 is 0 Å². The fourth-order valence-electron chi connectivity index (χ4n) is 1.00. The molecule has 0 aliphatic carbocycles. The van der Waals surface area contributed by atoms with E-state index in [1.807, 2.05) is 13.8 Å². The minimum absolute atomic E-state index is 0.0795. The molecular formula is C11H21NO3. The first-order chi connectivity index (χ1) is 7.06. The van der Waals surface area contributed by atoms with Crippen molar-refractivity contribution < 1.29 is 14.3 Å². The maximum atomic E-state index is 11.2. The summed E-state index contributed by atoms with van der Waals surface area (Å²) in [4.78, 5) is 22.1. The highest BCUT2D eigenvalue weighted by molar-refractivity contribution is 5.84. The lowest BCUT2D eigenvalue weighted by molar-refractivity contribution is -0.125. The highest BCUT2D eigenvalue weighted by Gasteiger charge is 2.04. The Kier molecular flexibility index (Phi) is 7.91. The highest BCUT2D eigenvalue weighted by atomic mass is 16.5. The number of hydrogen-bond acceptors (Lipinski definition) is 3. The number of carbonyl (C=O) groups excluding carboxylic acids is 2. The monoisotopic (exact) mass is 215 g/mol. The van der Waals surface area contributed by atoms with Crippen LogP contribution in [0.5, 0.6) is 0 Å². The Hall–Kier alpha value is -0.900. The third-order valence-corrected chi connectivity index (χ3v) is 1.90. The first-order valence-electron chi connectivity index (χ1n) is 5.46. The van der Waals surface area contributed by atoms with Crippen molar-refractivity contribution in [3.8, 4) is 0 Å². The molecule has 0 aliphatic heterocycles. The quantitative estimate of drug-likeness (QED) is 0.621. The summed E-state index contributed by atoms with van der Waals surface area (Å²) >= 11 is 0. The molecule has 0 aromatic heterocycles. The molecule has 0 aromatic rings. The van der Waals surface area contributed by atoms with E-state index < -0.39 is 0 Å². The third-order valence-electron chi connectivity index (χ3n) is 1.90. The number of Topliss-reactive ketones (excluding diaryl/α,β-unsaturated/α-hetero) is 1. The van der Waals surface area contributed by atoms with Gasteiger partial charge in [-0.1, -0.05) is 6.92 Å². The molecule has 0 fully saturated rings. The topological polar surface area (TPSA) is 55.4 Å². The van der Waals surface area contributed by atoms with Gasteiger partial charge in [-0.3, -0.25) is 9.59 Å². The molecule has 0 radical (unpaired) electrons. The van der Waals surface area contributed by atoms with Crippen molar-refractivity contribution in [2.24, 2.45) is 0 Å². The van der Waals surface area contributed by atoms with Crippen molar-refractivity contribution in [1.29, 1.82) is 0 Å². The molecule has 15 heavy (non-hydrogen) atoms. The first-order valence-corrected chi connectivity index (χ1v) is 5.46. The van der Waals surface area contributed by atoms with E-state index in [1.165, 1.54) is 0 Å². The van der Waals surface area contributed by atoms with Crippen molar-refractivity contribution in [2.75, 3.05) is 13.2 Å². The summed E-state index contributed by atoms with van der Waals surface area (Å²) in [5.41, 5.74) is 0. The van der Waals surface area contributed by atoms with Gasteiger partial charge in [0.1, 0.15) is 5.78 Å². The van der Waals surface area contributed by atoms with E-state index in [2.05, 4.69) is 5.32 Å². The van der Waals surface area contributed by atoms with Gasteiger partial charge in [-0.25, -0.2) is 0 Å². The lowest BCUT2D eigenvalue weighted by atomic mass is 10.2. The van der Waals surface area contributed by atoms with E-state index in [9.17, 15) is 9.59 Å². The maximum Gasteiger partial charge on any atom is 0.220 e. The molecule has 4 heteroatoms. The lowest BCUT2D eigenvalue weighted by Crippen LogP contribution is -2.28. The smallest absolute Gasteiger partial charge is 0.220 e. The lowest BCUT2D eigenvalue weighted by Gasteiger charge is -2.08. The second kappa shape index (κ2) is 8.41. The molecule has 0 rings (SSSR count). The van der Waals surface area contributed by atoms with E-state index in [4.69, 9.17) is 4.74 Å². The molecule has 0 aromatic carbocycles. The van der Waals surface area contributed by atoms with Gasteiger partial charge in [-0.05, 0) is 13.8 Å². The van der Waals surface area contributed by atoms with Crippen LogP contribution in [-0.2, 0) is 14.3 Å². The van der Waals surface area contributed by atoms with E-state index in [-0.39, 0.29) is 24.2 Å². The average Bonchev–Trinajstić information content (AvgIpc) is 2.20. The molecule has 0 bridgehead atoms. The summed E-state index contributed by atoms with van der Waals surface area (Å²) in [6.07, 6.45) is 1.31. The molecule has 0 saturated heterocycles. The van der Waals surface area contributed by atoms with Crippen LogP contribution in [-0.4, -0.2) is 30.9 Å². The van der Waals surface area contributed by atoms with Crippen LogP contribution in [0.4, 0.5) is 0 Å². The van der Waals surface area contributed by atoms with Crippen LogP contribution >= 0.6 is 0 Å². The van der Waals surface area contributed by atoms with E-state index >= 15 is 0 Å². The van der Waals surface area contributed by atoms with Crippen LogP contribution in [0.15, 0.2) is 0 Å². The Morgan fingerprint density at radius 2 is 1.93 bits per heavy atom. The zero-order valence-electron chi connectivity index (χ0n) is 9.84. The summed E-state index contributed by atoms with van der Waals surface area (Å²) in [6.45, 7) is 6.72. The number of hydrogen-bond donors (Lipinski definition) is 1. The average molecular weight is 215 g/mol. The summed E-state index contributed by atoms with van der Waals surface area (Å²) in [5, 5.41) is 2.70. The van der Waals surface area contributed by atoms with Gasteiger partial charge in [0, 0.05) is 25.8 Å². The number of ketones is 1. The third kappa shape index (κ3) is 9.41. The van der Waals surface area contributed by atoms with Crippen LogP contribution < -0.4 is 5.32 Å². The van der Waals surface area contributed by atoms with Crippen molar-refractivity contribution in [3.05, 3.63) is 0 Å². The van der Waals surface area contributed by atoms with Crippen LogP contribution in [0.1, 0.15) is 40.0 Å². The molecule has 88 valence electrons. The Morgan fingerprint density at radius 1 is 1.27 bits per heavy atom. The Bertz CT molecular complexity index is 202. The zero-order valence-corrected chi connectivity index (χ0v) is 9.84. The van der Waals surface area contributed by atoms with Crippen LogP contribution in [0.2, 0.25) is 0 Å². The standard InChI is InChI=1S/C11H21NO3/c1-4-10(13)5-6-11(14)12-7-8-15-9(2)3/h9H,4-8H2,1-3H3,(H,12,14). The van der Waals surface area contributed by atoms with E-state index in [1.54, 1.807) is 6.92 Å². The second-order valence-electron chi connectivity index (χ2n) is 3.66. The first kappa shape index (κ1) is 14.1. The van der Waals surface area contributed by atoms with Gasteiger partial charge in [0.05, 0.1) is 12.7 Å². The van der Waals surface area contributed by atoms with Gasteiger partial charge in [0.2, 0.25) is 5.91 Å². The SMILES string of the molecule is CCC(=O)CCC(=O)NCCOC(C)C. The van der Waals surface area contributed by atoms with E-state index in [0.717, 1.165) is 0 Å². The molecule has 1 N–H and O–H groups in total. The van der Waals surface area contributed by atoms with Crippen LogP contribution in [0, 0.1) is 0 Å². The fourth-order valence-corrected chi connectivity index (χ4v) is 1.00. The number of carbonyl (C=O) groups is 2. The summed E-state index contributed by atoms with van der Waals surface area (Å²) in [6, 6.07) is 0. The maximum absolute atomic E-state index is 11.2. The zero-order chi connectivity index (χ0) is 11.7. The largest absolute Gasteiger partial charge is 0.377 e. The highest BCUT2D eigenvalue weighted by Crippen LogP contribution is 1.94. The molecule has 0 spiro atoms. The predicted octanol–water partition coefficient (Wildman–Crippen LogP) is 1.29. The van der Waals surface area contributed by atoms with Gasteiger partial charge in [-0.2, -0.15) is 0 Å². The molecule has 0 saturated carbocycles. The Labute approximate surface area is 91.4 Å². The number of ether oxygens (including phenoxy) is 1. The van der Waals surface area contributed by atoms with Crippen molar-refractivity contribution in [3.63, 3.8) is 0 Å². The molecule has 0 atom stereocenters. The van der Waals surface area contributed by atoms with Gasteiger partial charge in [0.25, 0.3) is 0 Å². The van der Waals surface area contributed by atoms with Crippen LogP contribution in [0.3, 0.4) is 0 Å². The Balaban J connectivity index is 3.37. The van der Waals surface area contributed by atoms with E-state index in [0.29, 0.717) is 26.0 Å². The summed E-state index contributed by atoms with van der Waals surface area (Å²) < 4.78 is 5.26. The van der Waals surface area contributed by atoms with Gasteiger partial charge in [0.15, 0.2) is 0 Å². The molecule has 0 unspecified atom stereocenters. The predicted molar refractivity (Wildman–Crippen MR) is 58.6 cm³/mol. The minimum Gasteiger partial charge on any atom is -0.377 e. The van der Waals surface area contributed by atoms with Crippen molar-refractivity contribution in [2.45, 2.75) is 46.1 Å². The normalized spacial score (nSPS) is 10.4. The molecule has 4 nitrogen and oxygen atoms in total. The summed E-state index contributed by atoms with van der Waals surface area (Å²) in [5.74, 6) is 0.0488. The molecule has 0 aliphatic rings. The fraction of sp³-hybridized carbons (Fsp3) is 0.818. The number of rotatable bonds is 8. The van der Waals surface area contributed by atoms with Crippen molar-refractivity contribution in [1.82, 2.24) is 5.32 Å². The number of amides is 1. The molecular weight excluding hydrogens is 194 g/mol. The Morgan fingerprint density at radius 3 is 2.47 bits per heavy atom. The number of nitrogens with one attached hydrogen (secondary N) is 1. The van der Waals surface area contributed by atoms with Crippen molar-refractivity contribution >= 4 is 11.7 Å².